The fourth-order valence-corrected chi connectivity index (χ4v) is 5.04. The predicted molar refractivity (Wildman–Crippen MR) is 126 cm³/mol. The van der Waals surface area contributed by atoms with Gasteiger partial charge in [-0.05, 0) is 43.7 Å². The third-order valence-corrected chi connectivity index (χ3v) is 6.63. The van der Waals surface area contributed by atoms with E-state index in [0.29, 0.717) is 5.69 Å². The van der Waals surface area contributed by atoms with Crippen molar-refractivity contribution in [3.05, 3.63) is 98.3 Å². The molecule has 2 amide bonds. The van der Waals surface area contributed by atoms with Crippen LogP contribution in [-0.2, 0) is 14.4 Å². The van der Waals surface area contributed by atoms with Crippen molar-refractivity contribution in [1.29, 1.82) is 0 Å². The van der Waals surface area contributed by atoms with Crippen LogP contribution in [0.2, 0.25) is 5.02 Å². The lowest BCUT2D eigenvalue weighted by molar-refractivity contribution is -0.384. The molecule has 0 aromatic heterocycles. The van der Waals surface area contributed by atoms with Gasteiger partial charge >= 0.3 is 0 Å². The molecular weight excluding hydrogens is 477 g/mol. The number of anilines is 2. The van der Waals surface area contributed by atoms with Crippen LogP contribution in [0.1, 0.15) is 22.7 Å². The zero-order valence-electron chi connectivity index (χ0n) is 18.6. The third-order valence-electron chi connectivity index (χ3n) is 6.30. The molecule has 2 aliphatic rings. The number of amides is 2. The Balaban J connectivity index is 1.65. The molecule has 0 spiro atoms. The number of imide groups is 1. The van der Waals surface area contributed by atoms with Gasteiger partial charge in [0.05, 0.1) is 16.3 Å². The van der Waals surface area contributed by atoms with Crippen LogP contribution < -0.4 is 9.96 Å². The molecule has 0 bridgehead atoms. The van der Waals surface area contributed by atoms with Gasteiger partial charge in [-0.2, -0.15) is 0 Å². The standard InChI is InChI=1S/C25H19ClFN3O5/c1-13-9-10-19(14(2)11-13)28-24(31)21-22(20-17(26)7-4-8-18(20)27)29(35-23(21)25(28)32)15-5-3-6-16(12-15)30(33)34/h3-12,21-23H,1-2H3/t21-,22-,23+/m1/s1. The van der Waals surface area contributed by atoms with Gasteiger partial charge in [-0.1, -0.05) is 41.4 Å². The Kier molecular flexibility index (Phi) is 5.53. The van der Waals surface area contributed by atoms with Crippen LogP contribution in [0.25, 0.3) is 0 Å². The molecule has 0 saturated carbocycles. The highest BCUT2D eigenvalue weighted by molar-refractivity contribution is 6.31. The van der Waals surface area contributed by atoms with E-state index < -0.39 is 40.6 Å². The number of rotatable bonds is 4. The van der Waals surface area contributed by atoms with E-state index in [1.54, 1.807) is 19.1 Å². The van der Waals surface area contributed by atoms with Gasteiger partial charge in [0.1, 0.15) is 17.8 Å². The summed E-state index contributed by atoms with van der Waals surface area (Å²) in [6.07, 6.45) is -1.26. The maximum atomic E-state index is 15.1. The molecule has 35 heavy (non-hydrogen) atoms. The largest absolute Gasteiger partial charge is 0.273 e. The first-order valence-electron chi connectivity index (χ1n) is 10.8. The molecule has 0 radical (unpaired) electrons. The molecule has 178 valence electrons. The summed E-state index contributed by atoms with van der Waals surface area (Å²) in [6, 6.07) is 13.8. The molecular formula is C25H19ClFN3O5. The van der Waals surface area contributed by atoms with Crippen LogP contribution in [0.5, 0.6) is 0 Å². The zero-order valence-corrected chi connectivity index (χ0v) is 19.4. The van der Waals surface area contributed by atoms with Crippen molar-refractivity contribution >= 4 is 40.5 Å². The minimum Gasteiger partial charge on any atom is -0.273 e. The number of nitro benzene ring substituents is 1. The van der Waals surface area contributed by atoms with E-state index in [1.807, 2.05) is 13.0 Å². The molecule has 10 heteroatoms. The van der Waals surface area contributed by atoms with E-state index in [9.17, 15) is 19.7 Å². The van der Waals surface area contributed by atoms with Crippen LogP contribution in [0.15, 0.2) is 60.7 Å². The predicted octanol–water partition coefficient (Wildman–Crippen LogP) is 5.06. The fourth-order valence-electron chi connectivity index (χ4n) is 4.76. The van der Waals surface area contributed by atoms with Gasteiger partial charge in [-0.3, -0.25) is 24.5 Å². The SMILES string of the molecule is Cc1ccc(N2C(=O)[C@H]3[C@H](ON(c4cccc([N+](=O)[O-])c4)[C@@H]3c3c(F)cccc3Cl)C2=O)c(C)c1. The van der Waals surface area contributed by atoms with Gasteiger partial charge in [0.15, 0.2) is 6.10 Å². The average Bonchev–Trinajstić information content (AvgIpc) is 3.30. The number of halogens is 2. The molecule has 3 aromatic rings. The maximum absolute atomic E-state index is 15.1. The summed E-state index contributed by atoms with van der Waals surface area (Å²) in [7, 11) is 0. The first-order valence-corrected chi connectivity index (χ1v) is 11.2. The molecule has 3 aromatic carbocycles. The number of carbonyl (C=O) groups excluding carboxylic acids is 2. The number of nitrogens with zero attached hydrogens (tertiary/aromatic N) is 3. The lowest BCUT2D eigenvalue weighted by Gasteiger charge is -2.29. The van der Waals surface area contributed by atoms with E-state index in [4.69, 9.17) is 16.4 Å². The number of hydroxylamine groups is 1. The van der Waals surface area contributed by atoms with Crippen molar-refractivity contribution in [3.63, 3.8) is 0 Å². The highest BCUT2D eigenvalue weighted by Crippen LogP contribution is 2.50. The average molecular weight is 496 g/mol. The topological polar surface area (TPSA) is 93.0 Å². The molecule has 3 atom stereocenters. The van der Waals surface area contributed by atoms with E-state index in [0.717, 1.165) is 16.0 Å². The molecule has 2 heterocycles. The fraction of sp³-hybridized carbons (Fsp3) is 0.200. The van der Waals surface area contributed by atoms with Gasteiger partial charge in [-0.15, -0.1) is 0 Å². The molecule has 8 nitrogen and oxygen atoms in total. The lowest BCUT2D eigenvalue weighted by atomic mass is 9.90. The molecule has 5 rings (SSSR count). The van der Waals surface area contributed by atoms with E-state index in [1.165, 1.54) is 47.5 Å². The third kappa shape index (κ3) is 3.64. The highest BCUT2D eigenvalue weighted by Gasteiger charge is 2.61. The number of carbonyl (C=O) groups is 2. The summed E-state index contributed by atoms with van der Waals surface area (Å²) < 4.78 is 15.1. The Morgan fingerprint density at radius 1 is 1.03 bits per heavy atom. The summed E-state index contributed by atoms with van der Waals surface area (Å²) in [6.45, 7) is 3.69. The summed E-state index contributed by atoms with van der Waals surface area (Å²) in [4.78, 5) is 44.9. The number of benzene rings is 3. The Hall–Kier alpha value is -3.82. The number of nitro groups is 1. The number of hydrogen-bond acceptors (Lipinski definition) is 6. The normalized spacial score (nSPS) is 21.5. The van der Waals surface area contributed by atoms with Crippen LogP contribution >= 0.6 is 11.6 Å². The zero-order chi connectivity index (χ0) is 25.0. The van der Waals surface area contributed by atoms with Crippen LogP contribution in [-0.4, -0.2) is 22.8 Å². The first-order chi connectivity index (χ1) is 16.7. The van der Waals surface area contributed by atoms with Crippen LogP contribution in [0.3, 0.4) is 0 Å². The molecule has 2 fully saturated rings. The summed E-state index contributed by atoms with van der Waals surface area (Å²) >= 11 is 6.37. The van der Waals surface area contributed by atoms with Gasteiger partial charge in [0.2, 0.25) is 5.91 Å². The number of fused-ring (bicyclic) bond motifs is 1. The lowest BCUT2D eigenvalue weighted by Crippen LogP contribution is -2.38. The Labute approximate surface area is 204 Å². The highest BCUT2D eigenvalue weighted by atomic mass is 35.5. The summed E-state index contributed by atoms with van der Waals surface area (Å²) in [5.74, 6) is -2.98. The van der Waals surface area contributed by atoms with Crippen molar-refractivity contribution < 1.29 is 23.7 Å². The Morgan fingerprint density at radius 3 is 2.46 bits per heavy atom. The Bertz CT molecular complexity index is 1380. The van der Waals surface area contributed by atoms with Gasteiger partial charge in [0.25, 0.3) is 11.6 Å². The van der Waals surface area contributed by atoms with Crippen molar-refractivity contribution in [2.24, 2.45) is 5.92 Å². The quantitative estimate of drug-likeness (QED) is 0.285. The van der Waals surface area contributed by atoms with E-state index >= 15 is 4.39 Å². The first kappa shape index (κ1) is 22.9. The number of aryl methyl sites for hydroxylation is 2. The molecule has 0 unspecified atom stereocenters. The van der Waals surface area contributed by atoms with Gasteiger partial charge in [0, 0.05) is 22.7 Å². The van der Waals surface area contributed by atoms with Crippen molar-refractivity contribution in [1.82, 2.24) is 0 Å². The smallest absolute Gasteiger partial charge is 0.271 e. The minimum absolute atomic E-state index is 0.0307. The van der Waals surface area contributed by atoms with Crippen molar-refractivity contribution in [2.75, 3.05) is 9.96 Å². The second kappa shape index (κ2) is 8.44. The van der Waals surface area contributed by atoms with E-state index in [2.05, 4.69) is 0 Å². The molecule has 2 aliphatic heterocycles. The monoisotopic (exact) mass is 495 g/mol. The molecule has 2 saturated heterocycles. The molecule has 0 aliphatic carbocycles. The number of non-ortho nitro benzene ring substituents is 1. The Morgan fingerprint density at radius 2 is 1.77 bits per heavy atom. The van der Waals surface area contributed by atoms with Gasteiger partial charge in [-0.25, -0.2) is 14.4 Å². The summed E-state index contributed by atoms with van der Waals surface area (Å²) in [5, 5.41) is 12.6. The minimum atomic E-state index is -1.26. The van der Waals surface area contributed by atoms with Crippen LogP contribution in [0.4, 0.5) is 21.5 Å². The number of hydrogen-bond donors (Lipinski definition) is 0. The van der Waals surface area contributed by atoms with Gasteiger partial charge < -0.3 is 0 Å². The van der Waals surface area contributed by atoms with Crippen molar-refractivity contribution in [2.45, 2.75) is 26.0 Å². The molecule has 0 N–H and O–H groups in total. The maximum Gasteiger partial charge on any atom is 0.271 e. The summed E-state index contributed by atoms with van der Waals surface area (Å²) in [5.41, 5.74) is 2.05. The van der Waals surface area contributed by atoms with Crippen LogP contribution in [0, 0.1) is 35.7 Å². The second-order valence-electron chi connectivity index (χ2n) is 8.54. The van der Waals surface area contributed by atoms with E-state index in [-0.39, 0.29) is 22.0 Å². The van der Waals surface area contributed by atoms with Crippen molar-refractivity contribution in [3.8, 4) is 0 Å². The second-order valence-corrected chi connectivity index (χ2v) is 8.94.